The van der Waals surface area contributed by atoms with Gasteiger partial charge in [0.2, 0.25) is 0 Å². The molecule has 24 heavy (non-hydrogen) atoms. The highest BCUT2D eigenvalue weighted by atomic mass is 19.1. The number of fused-ring (bicyclic) bond motifs is 1. The minimum Gasteiger partial charge on any atom is -0.481 e. The second-order valence-corrected chi connectivity index (χ2v) is 5.01. The number of aromatic nitrogens is 1. The second-order valence-electron chi connectivity index (χ2n) is 5.01. The van der Waals surface area contributed by atoms with Crippen molar-refractivity contribution in [2.24, 2.45) is 0 Å². The van der Waals surface area contributed by atoms with E-state index in [2.05, 4.69) is 10.3 Å². The maximum absolute atomic E-state index is 14.0. The largest absolute Gasteiger partial charge is 0.481 e. The third-order valence-corrected chi connectivity index (χ3v) is 3.24. The summed E-state index contributed by atoms with van der Waals surface area (Å²) in [4.78, 5) is 24.8. The summed E-state index contributed by atoms with van der Waals surface area (Å²) >= 11 is 0. The number of H-pyrrole nitrogens is 1. The molecule has 1 aromatic heterocycles. The van der Waals surface area contributed by atoms with Crippen molar-refractivity contribution in [3.63, 3.8) is 0 Å². The van der Waals surface area contributed by atoms with Gasteiger partial charge in [-0.05, 0) is 12.1 Å². The lowest BCUT2D eigenvalue weighted by Gasteiger charge is -2.09. The van der Waals surface area contributed by atoms with Crippen LogP contribution in [-0.2, 0) is 14.3 Å². The van der Waals surface area contributed by atoms with Gasteiger partial charge in [-0.2, -0.15) is 0 Å². The van der Waals surface area contributed by atoms with Crippen molar-refractivity contribution in [3.05, 3.63) is 40.4 Å². The Labute approximate surface area is 137 Å². The Morgan fingerprint density at radius 3 is 2.71 bits per heavy atom. The summed E-state index contributed by atoms with van der Waals surface area (Å²) in [6.45, 7) is 1.50. The molecule has 0 radical (unpaired) electrons. The first-order valence-electron chi connectivity index (χ1n) is 7.50. The lowest BCUT2D eigenvalue weighted by Crippen LogP contribution is -2.14. The van der Waals surface area contributed by atoms with E-state index >= 15 is 0 Å². The second kappa shape index (κ2) is 8.99. The molecule has 0 spiro atoms. The molecule has 0 unspecified atom stereocenters. The molecule has 0 saturated heterocycles. The number of halogens is 1. The number of ether oxygens (including phenoxy) is 2. The minimum absolute atomic E-state index is 0.0368. The Morgan fingerprint density at radius 2 is 1.96 bits per heavy atom. The van der Waals surface area contributed by atoms with Gasteiger partial charge in [0.1, 0.15) is 5.82 Å². The third kappa shape index (κ3) is 5.32. The van der Waals surface area contributed by atoms with Crippen LogP contribution >= 0.6 is 0 Å². The number of benzene rings is 1. The van der Waals surface area contributed by atoms with Gasteiger partial charge in [0, 0.05) is 24.2 Å². The SMILES string of the molecule is O=C(O)CCOCCOCCNc1cc2[nH]ccc(=O)c2cc1F. The van der Waals surface area contributed by atoms with Crippen molar-refractivity contribution >= 4 is 22.6 Å². The van der Waals surface area contributed by atoms with Crippen molar-refractivity contribution in [2.45, 2.75) is 6.42 Å². The van der Waals surface area contributed by atoms with Crippen LogP contribution in [0.2, 0.25) is 0 Å². The molecule has 1 heterocycles. The molecule has 130 valence electrons. The Morgan fingerprint density at radius 1 is 1.21 bits per heavy atom. The maximum atomic E-state index is 14.0. The number of pyridine rings is 1. The van der Waals surface area contributed by atoms with Gasteiger partial charge >= 0.3 is 5.97 Å². The molecule has 3 N–H and O–H groups in total. The number of anilines is 1. The number of carbonyl (C=O) groups is 1. The zero-order valence-electron chi connectivity index (χ0n) is 13.0. The highest BCUT2D eigenvalue weighted by Gasteiger charge is 2.06. The molecule has 8 heteroatoms. The molecule has 1 aromatic carbocycles. The van der Waals surface area contributed by atoms with Crippen molar-refractivity contribution < 1.29 is 23.8 Å². The first-order chi connectivity index (χ1) is 11.6. The number of aliphatic carboxylic acids is 1. The molecular formula is C16H19FN2O5. The minimum atomic E-state index is -0.904. The van der Waals surface area contributed by atoms with Gasteiger partial charge in [0.05, 0.1) is 44.1 Å². The first kappa shape index (κ1) is 17.9. The number of carboxylic acid groups (broad SMARTS) is 1. The molecule has 0 aliphatic rings. The fourth-order valence-electron chi connectivity index (χ4n) is 2.07. The normalized spacial score (nSPS) is 10.9. The Bertz CT molecular complexity index is 747. The highest BCUT2D eigenvalue weighted by Crippen LogP contribution is 2.19. The average Bonchev–Trinajstić information content (AvgIpc) is 2.54. The number of hydrogen-bond donors (Lipinski definition) is 3. The molecule has 2 aromatic rings. The maximum Gasteiger partial charge on any atom is 0.305 e. The Kier molecular flexibility index (Phi) is 6.71. The fraction of sp³-hybridized carbons (Fsp3) is 0.375. The first-order valence-corrected chi connectivity index (χ1v) is 7.50. The molecule has 0 amide bonds. The molecule has 0 saturated carbocycles. The molecule has 2 rings (SSSR count). The summed E-state index contributed by atoms with van der Waals surface area (Å²) in [5.74, 6) is -1.41. The van der Waals surface area contributed by atoms with E-state index < -0.39 is 11.8 Å². The van der Waals surface area contributed by atoms with Gasteiger partial charge in [0.25, 0.3) is 0 Å². The van der Waals surface area contributed by atoms with Gasteiger partial charge in [-0.3, -0.25) is 9.59 Å². The molecule has 0 bridgehead atoms. The zero-order chi connectivity index (χ0) is 17.4. The quantitative estimate of drug-likeness (QED) is 0.569. The smallest absolute Gasteiger partial charge is 0.305 e. The Balaban J connectivity index is 1.71. The summed E-state index contributed by atoms with van der Waals surface area (Å²) in [6, 6.07) is 4.09. The van der Waals surface area contributed by atoms with Gasteiger partial charge in [-0.15, -0.1) is 0 Å². The predicted octanol–water partition coefficient (Wildman–Crippen LogP) is 1.59. The summed E-state index contributed by atoms with van der Waals surface area (Å²) in [7, 11) is 0. The van der Waals surface area contributed by atoms with Crippen molar-refractivity contribution in [1.29, 1.82) is 0 Å². The molecule has 0 aliphatic carbocycles. The van der Waals surface area contributed by atoms with E-state index in [0.717, 1.165) is 0 Å². The van der Waals surface area contributed by atoms with Crippen LogP contribution in [-0.4, -0.2) is 49.0 Å². The average molecular weight is 338 g/mol. The lowest BCUT2D eigenvalue weighted by atomic mass is 10.2. The zero-order valence-corrected chi connectivity index (χ0v) is 13.0. The number of hydrogen-bond acceptors (Lipinski definition) is 5. The monoisotopic (exact) mass is 338 g/mol. The van der Waals surface area contributed by atoms with E-state index in [1.807, 2.05) is 0 Å². The topological polar surface area (TPSA) is 101 Å². The van der Waals surface area contributed by atoms with E-state index in [9.17, 15) is 14.0 Å². The fourth-order valence-corrected chi connectivity index (χ4v) is 2.07. The predicted molar refractivity (Wildman–Crippen MR) is 86.9 cm³/mol. The van der Waals surface area contributed by atoms with Crippen LogP contribution in [0.3, 0.4) is 0 Å². The van der Waals surface area contributed by atoms with Gasteiger partial charge in [-0.1, -0.05) is 0 Å². The molecule has 7 nitrogen and oxygen atoms in total. The summed E-state index contributed by atoms with van der Waals surface area (Å²) in [5.41, 5.74) is 0.602. The van der Waals surface area contributed by atoms with Crippen molar-refractivity contribution in [2.75, 3.05) is 38.3 Å². The number of aromatic amines is 1. The number of rotatable bonds is 10. The van der Waals surface area contributed by atoms with E-state index in [4.69, 9.17) is 14.6 Å². The highest BCUT2D eigenvalue weighted by molar-refractivity contribution is 5.82. The third-order valence-electron chi connectivity index (χ3n) is 3.24. The van der Waals surface area contributed by atoms with Crippen LogP contribution in [0.25, 0.3) is 10.9 Å². The molecule has 0 aliphatic heterocycles. The van der Waals surface area contributed by atoms with Crippen LogP contribution in [0.5, 0.6) is 0 Å². The van der Waals surface area contributed by atoms with Crippen molar-refractivity contribution in [3.8, 4) is 0 Å². The van der Waals surface area contributed by atoms with E-state index in [0.29, 0.717) is 37.3 Å². The standard InChI is InChI=1S/C16H19FN2O5/c17-12-9-11-13(18-3-1-15(11)20)10-14(12)19-4-6-24-8-7-23-5-2-16(21)22/h1,3,9-10,19H,2,4-8H2,(H,18,20)(H,21,22). The van der Waals surface area contributed by atoms with E-state index in [1.165, 1.54) is 18.3 Å². The van der Waals surface area contributed by atoms with Gasteiger partial charge < -0.3 is 24.9 Å². The lowest BCUT2D eigenvalue weighted by molar-refractivity contribution is -0.138. The summed E-state index contributed by atoms with van der Waals surface area (Å²) in [5, 5.41) is 11.6. The summed E-state index contributed by atoms with van der Waals surface area (Å²) in [6.07, 6.45) is 1.48. The number of nitrogens with one attached hydrogen (secondary N) is 2. The van der Waals surface area contributed by atoms with Gasteiger partial charge in [0.15, 0.2) is 5.43 Å². The molecule has 0 fully saturated rings. The summed E-state index contributed by atoms with van der Waals surface area (Å²) < 4.78 is 24.3. The van der Waals surface area contributed by atoms with Crippen LogP contribution < -0.4 is 10.7 Å². The van der Waals surface area contributed by atoms with Crippen LogP contribution in [0.1, 0.15) is 6.42 Å². The van der Waals surface area contributed by atoms with Gasteiger partial charge in [-0.25, -0.2) is 4.39 Å². The van der Waals surface area contributed by atoms with Crippen LogP contribution in [0, 0.1) is 5.82 Å². The molecule has 0 atom stereocenters. The Hall–Kier alpha value is -2.45. The molecular weight excluding hydrogens is 319 g/mol. The van der Waals surface area contributed by atoms with Crippen molar-refractivity contribution in [1.82, 2.24) is 4.98 Å². The van der Waals surface area contributed by atoms with E-state index in [1.54, 1.807) is 6.07 Å². The number of carboxylic acids is 1. The van der Waals surface area contributed by atoms with Crippen LogP contribution in [0.4, 0.5) is 10.1 Å². The van der Waals surface area contributed by atoms with Crippen LogP contribution in [0.15, 0.2) is 29.2 Å². The van der Waals surface area contributed by atoms with E-state index in [-0.39, 0.29) is 24.1 Å².